The van der Waals surface area contributed by atoms with Gasteiger partial charge >= 0.3 is 0 Å². The molecule has 0 spiro atoms. The number of likely N-dealkylation sites (N-methyl/N-ethyl adjacent to an activating group) is 1. The van der Waals surface area contributed by atoms with Crippen molar-refractivity contribution in [3.8, 4) is 0 Å². The maximum atomic E-state index is 3.52. The van der Waals surface area contributed by atoms with Crippen molar-refractivity contribution in [3.05, 3.63) is 23.8 Å². The number of piperazine rings is 1. The average Bonchev–Trinajstić information content (AvgIpc) is 2.45. The summed E-state index contributed by atoms with van der Waals surface area (Å²) in [5.41, 5.74) is 4.43. The molecule has 0 amide bonds. The van der Waals surface area contributed by atoms with Gasteiger partial charge in [0.15, 0.2) is 0 Å². The largest absolute Gasteiger partial charge is 0.368 e. The number of fused-ring (bicyclic) bond motifs is 3. The van der Waals surface area contributed by atoms with Crippen LogP contribution in [-0.2, 0) is 6.42 Å². The van der Waals surface area contributed by atoms with Crippen LogP contribution in [0, 0.1) is 0 Å². The highest BCUT2D eigenvalue weighted by molar-refractivity contribution is 5.77. The summed E-state index contributed by atoms with van der Waals surface area (Å²) in [6, 6.07) is 7.44. The summed E-state index contributed by atoms with van der Waals surface area (Å²) in [5, 5.41) is 3.52. The number of aryl methyl sites for hydroxylation is 1. The van der Waals surface area contributed by atoms with Crippen molar-refractivity contribution in [2.75, 3.05) is 42.5 Å². The van der Waals surface area contributed by atoms with E-state index in [2.05, 4.69) is 47.2 Å². The quantitative estimate of drug-likeness (QED) is 0.858. The third-order valence-electron chi connectivity index (χ3n) is 4.27. The molecule has 3 rings (SSSR count). The Morgan fingerprint density at radius 1 is 1.33 bits per heavy atom. The lowest BCUT2D eigenvalue weighted by atomic mass is 10.00. The molecule has 1 atom stereocenters. The fourth-order valence-electron chi connectivity index (χ4n) is 3.33. The molecular formula is C15H23N3. The number of nitrogens with zero attached hydrogens (tertiary/aromatic N) is 2. The molecule has 1 aromatic carbocycles. The molecule has 2 aliphatic heterocycles. The Kier molecular flexibility index (Phi) is 3.16. The van der Waals surface area contributed by atoms with Gasteiger partial charge in [0, 0.05) is 32.7 Å². The minimum atomic E-state index is 0.637. The Morgan fingerprint density at radius 3 is 3.00 bits per heavy atom. The van der Waals surface area contributed by atoms with Gasteiger partial charge in [-0.25, -0.2) is 0 Å². The topological polar surface area (TPSA) is 18.5 Å². The zero-order chi connectivity index (χ0) is 12.5. The van der Waals surface area contributed by atoms with Crippen molar-refractivity contribution in [3.63, 3.8) is 0 Å². The lowest BCUT2D eigenvalue weighted by molar-refractivity contribution is 0.460. The van der Waals surface area contributed by atoms with Crippen LogP contribution in [0.1, 0.15) is 19.4 Å². The fourth-order valence-corrected chi connectivity index (χ4v) is 3.33. The van der Waals surface area contributed by atoms with Gasteiger partial charge < -0.3 is 15.1 Å². The summed E-state index contributed by atoms with van der Waals surface area (Å²) in [5.74, 6) is 0. The Balaban J connectivity index is 2.07. The molecule has 98 valence electrons. The smallest absolute Gasteiger partial charge is 0.0637 e. The predicted molar refractivity (Wildman–Crippen MR) is 77.7 cm³/mol. The van der Waals surface area contributed by atoms with Crippen molar-refractivity contribution < 1.29 is 0 Å². The van der Waals surface area contributed by atoms with E-state index >= 15 is 0 Å². The van der Waals surface area contributed by atoms with Gasteiger partial charge in [0.05, 0.1) is 17.4 Å². The monoisotopic (exact) mass is 245 g/mol. The molecule has 3 nitrogen and oxygen atoms in total. The molecule has 0 aromatic heterocycles. The number of hydrogen-bond acceptors (Lipinski definition) is 3. The first-order valence-corrected chi connectivity index (χ1v) is 7.19. The van der Waals surface area contributed by atoms with E-state index in [1.165, 1.54) is 16.9 Å². The molecule has 0 bridgehead atoms. The minimum Gasteiger partial charge on any atom is -0.368 e. The Bertz CT molecular complexity index is 430. The van der Waals surface area contributed by atoms with Crippen LogP contribution in [0.4, 0.5) is 11.4 Å². The maximum Gasteiger partial charge on any atom is 0.0637 e. The molecule has 3 heteroatoms. The first kappa shape index (κ1) is 11.8. The first-order chi connectivity index (χ1) is 8.85. The van der Waals surface area contributed by atoms with E-state index in [4.69, 9.17) is 0 Å². The van der Waals surface area contributed by atoms with Crippen LogP contribution in [0.2, 0.25) is 0 Å². The third-order valence-corrected chi connectivity index (χ3v) is 4.27. The van der Waals surface area contributed by atoms with E-state index in [1.54, 1.807) is 0 Å². The van der Waals surface area contributed by atoms with Crippen LogP contribution in [0.25, 0.3) is 0 Å². The van der Waals surface area contributed by atoms with Gasteiger partial charge in [-0.2, -0.15) is 0 Å². The highest BCUT2D eigenvalue weighted by atomic mass is 15.3. The second-order valence-corrected chi connectivity index (χ2v) is 5.23. The number of hydrogen-bond donors (Lipinski definition) is 1. The SMILES string of the molecule is CCc1cccc2c1N(CC)CC1CNCCN21. The molecule has 1 saturated heterocycles. The van der Waals surface area contributed by atoms with Crippen LogP contribution in [0.5, 0.6) is 0 Å². The van der Waals surface area contributed by atoms with Gasteiger partial charge in [-0.15, -0.1) is 0 Å². The Labute approximate surface area is 110 Å². The Morgan fingerprint density at radius 2 is 2.22 bits per heavy atom. The molecule has 2 aliphatic rings. The molecular weight excluding hydrogens is 222 g/mol. The van der Waals surface area contributed by atoms with Crippen LogP contribution < -0.4 is 15.1 Å². The van der Waals surface area contributed by atoms with Gasteiger partial charge in [-0.3, -0.25) is 0 Å². The summed E-state index contributed by atoms with van der Waals surface area (Å²) in [4.78, 5) is 5.17. The zero-order valence-electron chi connectivity index (χ0n) is 11.4. The summed E-state index contributed by atoms with van der Waals surface area (Å²) < 4.78 is 0. The van der Waals surface area contributed by atoms with E-state index in [-0.39, 0.29) is 0 Å². The van der Waals surface area contributed by atoms with Crippen molar-refractivity contribution in [1.82, 2.24) is 5.32 Å². The molecule has 1 aromatic rings. The molecule has 0 aliphatic carbocycles. The van der Waals surface area contributed by atoms with Crippen LogP contribution in [0.3, 0.4) is 0 Å². The summed E-state index contributed by atoms with van der Waals surface area (Å²) in [7, 11) is 0. The number of nitrogens with one attached hydrogen (secondary N) is 1. The highest BCUT2D eigenvalue weighted by Gasteiger charge is 2.32. The molecule has 0 saturated carbocycles. The second-order valence-electron chi connectivity index (χ2n) is 5.23. The molecule has 18 heavy (non-hydrogen) atoms. The molecule has 2 heterocycles. The van der Waals surface area contributed by atoms with E-state index in [1.807, 2.05) is 0 Å². The number of rotatable bonds is 2. The van der Waals surface area contributed by atoms with Gasteiger partial charge in [0.25, 0.3) is 0 Å². The standard InChI is InChI=1S/C15H23N3/c1-3-12-6-5-7-14-15(12)17(4-2)11-13-10-16-8-9-18(13)14/h5-7,13,16H,3-4,8-11H2,1-2H3. The predicted octanol–water partition coefficient (Wildman–Crippen LogP) is 1.87. The Hall–Kier alpha value is -1.22. The lowest BCUT2D eigenvalue weighted by Crippen LogP contribution is -2.59. The van der Waals surface area contributed by atoms with Crippen LogP contribution in [0.15, 0.2) is 18.2 Å². The summed E-state index contributed by atoms with van der Waals surface area (Å²) in [6.07, 6.45) is 1.12. The van der Waals surface area contributed by atoms with E-state index in [0.29, 0.717) is 6.04 Å². The van der Waals surface area contributed by atoms with Gasteiger partial charge in [0.2, 0.25) is 0 Å². The zero-order valence-corrected chi connectivity index (χ0v) is 11.4. The normalized spacial score (nSPS) is 22.7. The van der Waals surface area contributed by atoms with E-state index in [0.717, 1.165) is 39.1 Å². The van der Waals surface area contributed by atoms with Crippen molar-refractivity contribution >= 4 is 11.4 Å². The van der Waals surface area contributed by atoms with E-state index in [9.17, 15) is 0 Å². The first-order valence-electron chi connectivity index (χ1n) is 7.19. The molecule has 1 N–H and O–H groups in total. The molecule has 1 fully saturated rings. The highest BCUT2D eigenvalue weighted by Crippen LogP contribution is 2.38. The van der Waals surface area contributed by atoms with Crippen molar-refractivity contribution in [1.29, 1.82) is 0 Å². The maximum absolute atomic E-state index is 3.52. The molecule has 0 radical (unpaired) electrons. The average molecular weight is 245 g/mol. The van der Waals surface area contributed by atoms with Crippen LogP contribution >= 0.6 is 0 Å². The fraction of sp³-hybridized carbons (Fsp3) is 0.600. The number of anilines is 2. The summed E-state index contributed by atoms with van der Waals surface area (Å²) >= 11 is 0. The number of benzene rings is 1. The second kappa shape index (κ2) is 4.81. The van der Waals surface area contributed by atoms with Gasteiger partial charge in [0.1, 0.15) is 0 Å². The number of para-hydroxylation sites is 1. The van der Waals surface area contributed by atoms with Crippen molar-refractivity contribution in [2.45, 2.75) is 26.3 Å². The minimum absolute atomic E-state index is 0.637. The third kappa shape index (κ3) is 1.77. The van der Waals surface area contributed by atoms with Gasteiger partial charge in [-0.1, -0.05) is 19.1 Å². The van der Waals surface area contributed by atoms with E-state index < -0.39 is 0 Å². The van der Waals surface area contributed by atoms with Crippen LogP contribution in [-0.4, -0.2) is 38.8 Å². The van der Waals surface area contributed by atoms with Crippen molar-refractivity contribution in [2.24, 2.45) is 0 Å². The van der Waals surface area contributed by atoms with Gasteiger partial charge in [-0.05, 0) is 25.0 Å². The lowest BCUT2D eigenvalue weighted by Gasteiger charge is -2.47. The molecule has 1 unspecified atom stereocenters. The summed E-state index contributed by atoms with van der Waals surface area (Å²) in [6.45, 7) is 10.2.